The lowest BCUT2D eigenvalue weighted by atomic mass is 9.96. The van der Waals surface area contributed by atoms with Gasteiger partial charge in [0.25, 0.3) is 0 Å². The van der Waals surface area contributed by atoms with Gasteiger partial charge in [-0.1, -0.05) is 18.2 Å². The molecule has 0 atom stereocenters. The molecule has 0 aliphatic carbocycles. The molecule has 6 nitrogen and oxygen atoms in total. The van der Waals surface area contributed by atoms with Crippen molar-refractivity contribution >= 4 is 34.1 Å². The van der Waals surface area contributed by atoms with Crippen molar-refractivity contribution in [1.82, 2.24) is 9.88 Å². The van der Waals surface area contributed by atoms with Crippen LogP contribution in [0, 0.1) is 11.7 Å². The second-order valence-corrected chi connectivity index (χ2v) is 7.95. The Morgan fingerprint density at radius 3 is 2.40 bits per heavy atom. The summed E-state index contributed by atoms with van der Waals surface area (Å²) in [4.78, 5) is 31.1. The Kier molecular flexibility index (Phi) is 6.04. The van der Waals surface area contributed by atoms with Crippen LogP contribution in [0.3, 0.4) is 0 Å². The van der Waals surface area contributed by atoms with Crippen LogP contribution < -0.4 is 10.6 Å². The topological polar surface area (TPSA) is 74.3 Å². The summed E-state index contributed by atoms with van der Waals surface area (Å²) in [6.45, 7) is 1.05. The number of aromatic nitrogens is 1. The highest BCUT2D eigenvalue weighted by Gasteiger charge is 2.28. The predicted molar refractivity (Wildman–Crippen MR) is 116 cm³/mol. The van der Waals surface area contributed by atoms with E-state index in [2.05, 4.69) is 15.6 Å². The molecular formula is C22H21FN4O2S. The molecule has 0 bridgehead atoms. The molecule has 0 spiro atoms. The number of carbonyl (C=O) groups excluding carboxylic acids is 2. The van der Waals surface area contributed by atoms with Gasteiger partial charge in [-0.2, -0.15) is 0 Å². The van der Waals surface area contributed by atoms with Gasteiger partial charge in [-0.15, -0.1) is 11.3 Å². The van der Waals surface area contributed by atoms with Crippen LogP contribution in [-0.4, -0.2) is 34.9 Å². The van der Waals surface area contributed by atoms with Crippen molar-refractivity contribution in [2.75, 3.05) is 23.7 Å². The zero-order valence-corrected chi connectivity index (χ0v) is 17.0. The molecule has 1 saturated heterocycles. The van der Waals surface area contributed by atoms with E-state index in [1.165, 1.54) is 23.5 Å². The van der Waals surface area contributed by atoms with Crippen LogP contribution >= 0.6 is 11.3 Å². The van der Waals surface area contributed by atoms with Gasteiger partial charge in [-0.3, -0.25) is 4.79 Å². The summed E-state index contributed by atoms with van der Waals surface area (Å²) in [5.74, 6) is -0.548. The number of para-hydroxylation sites is 1. The first-order chi connectivity index (χ1) is 14.6. The Hall–Kier alpha value is -3.26. The normalized spacial score (nSPS) is 14.4. The zero-order valence-electron chi connectivity index (χ0n) is 16.2. The first-order valence-electron chi connectivity index (χ1n) is 9.72. The van der Waals surface area contributed by atoms with Crippen molar-refractivity contribution in [3.63, 3.8) is 0 Å². The van der Waals surface area contributed by atoms with E-state index < -0.39 is 0 Å². The van der Waals surface area contributed by atoms with E-state index in [9.17, 15) is 14.0 Å². The molecule has 1 aliphatic heterocycles. The van der Waals surface area contributed by atoms with Crippen LogP contribution in [0.1, 0.15) is 12.8 Å². The van der Waals surface area contributed by atoms with E-state index in [1.807, 2.05) is 35.7 Å². The summed E-state index contributed by atoms with van der Waals surface area (Å²) < 4.78 is 13.1. The van der Waals surface area contributed by atoms with Gasteiger partial charge >= 0.3 is 6.03 Å². The monoisotopic (exact) mass is 424 g/mol. The summed E-state index contributed by atoms with van der Waals surface area (Å²) in [6, 6.07) is 15.2. The van der Waals surface area contributed by atoms with Gasteiger partial charge in [0.2, 0.25) is 5.91 Å². The Labute approximate surface area is 177 Å². The van der Waals surface area contributed by atoms with Gasteiger partial charge in [0.15, 0.2) is 5.13 Å². The van der Waals surface area contributed by atoms with Crippen molar-refractivity contribution in [2.45, 2.75) is 12.8 Å². The molecule has 0 unspecified atom stereocenters. The fraction of sp³-hybridized carbons (Fsp3) is 0.227. The Morgan fingerprint density at radius 2 is 1.70 bits per heavy atom. The number of likely N-dealkylation sites (tertiary alicyclic amines) is 1. The first kappa shape index (κ1) is 20.0. The molecule has 2 N–H and O–H groups in total. The van der Waals surface area contributed by atoms with E-state index in [0.29, 0.717) is 36.8 Å². The number of anilines is 2. The van der Waals surface area contributed by atoms with Gasteiger partial charge in [-0.05, 0) is 49.2 Å². The van der Waals surface area contributed by atoms with Gasteiger partial charge in [0.05, 0.1) is 5.69 Å². The molecule has 8 heteroatoms. The molecule has 2 aromatic carbocycles. The molecule has 3 aromatic rings. The molecular weight excluding hydrogens is 403 g/mol. The second-order valence-electron chi connectivity index (χ2n) is 7.09. The zero-order chi connectivity index (χ0) is 20.9. The second kappa shape index (κ2) is 9.04. The molecule has 3 amide bonds. The summed E-state index contributed by atoms with van der Waals surface area (Å²) >= 11 is 1.34. The molecule has 154 valence electrons. The molecule has 0 saturated carbocycles. The van der Waals surface area contributed by atoms with E-state index in [-0.39, 0.29) is 23.7 Å². The fourth-order valence-electron chi connectivity index (χ4n) is 3.36. The van der Waals surface area contributed by atoms with Crippen LogP contribution in [0.25, 0.3) is 11.3 Å². The molecule has 30 heavy (non-hydrogen) atoms. The van der Waals surface area contributed by atoms with Crippen LogP contribution in [0.5, 0.6) is 0 Å². The molecule has 2 heterocycles. The number of benzene rings is 2. The number of hydrogen-bond acceptors (Lipinski definition) is 4. The highest BCUT2D eigenvalue weighted by molar-refractivity contribution is 7.14. The number of thiazole rings is 1. The average Bonchev–Trinajstić information content (AvgIpc) is 3.23. The van der Waals surface area contributed by atoms with Gasteiger partial charge in [0.1, 0.15) is 5.82 Å². The Bertz CT molecular complexity index is 1020. The third kappa shape index (κ3) is 4.83. The number of amides is 3. The largest absolute Gasteiger partial charge is 0.324 e. The van der Waals surface area contributed by atoms with Crippen molar-refractivity contribution < 1.29 is 14.0 Å². The van der Waals surface area contributed by atoms with Crippen LogP contribution in [0.15, 0.2) is 60.0 Å². The molecule has 1 fully saturated rings. The molecule has 4 rings (SSSR count). The predicted octanol–water partition coefficient (Wildman–Crippen LogP) is 4.83. The van der Waals surface area contributed by atoms with E-state index in [0.717, 1.165) is 11.3 Å². The third-order valence-electron chi connectivity index (χ3n) is 5.05. The lowest BCUT2D eigenvalue weighted by Crippen LogP contribution is -2.43. The van der Waals surface area contributed by atoms with E-state index in [1.54, 1.807) is 17.0 Å². The first-order valence-corrected chi connectivity index (χ1v) is 10.6. The van der Waals surface area contributed by atoms with Crippen LogP contribution in [-0.2, 0) is 4.79 Å². The Morgan fingerprint density at radius 1 is 1.00 bits per heavy atom. The minimum absolute atomic E-state index is 0.0851. The Balaban J connectivity index is 1.28. The van der Waals surface area contributed by atoms with Gasteiger partial charge in [-0.25, -0.2) is 14.2 Å². The molecule has 1 aliphatic rings. The van der Waals surface area contributed by atoms with Gasteiger partial charge < -0.3 is 15.5 Å². The average molecular weight is 425 g/mol. The van der Waals surface area contributed by atoms with Crippen LogP contribution in [0.4, 0.5) is 20.0 Å². The summed E-state index contributed by atoms with van der Waals surface area (Å²) in [5.41, 5.74) is 2.25. The van der Waals surface area contributed by atoms with Crippen molar-refractivity contribution in [1.29, 1.82) is 0 Å². The number of rotatable bonds is 4. The maximum Gasteiger partial charge on any atom is 0.321 e. The quantitative estimate of drug-likeness (QED) is 0.630. The van der Waals surface area contributed by atoms with E-state index >= 15 is 0 Å². The summed E-state index contributed by atoms with van der Waals surface area (Å²) in [7, 11) is 0. The number of nitrogens with one attached hydrogen (secondary N) is 2. The minimum atomic E-state index is -0.300. The minimum Gasteiger partial charge on any atom is -0.324 e. The maximum atomic E-state index is 13.1. The number of piperidine rings is 1. The molecule has 1 aromatic heterocycles. The third-order valence-corrected chi connectivity index (χ3v) is 5.81. The summed E-state index contributed by atoms with van der Waals surface area (Å²) in [6.07, 6.45) is 1.20. The standard InChI is InChI=1S/C22H21FN4O2S/c23-17-8-6-15(7-9-17)19-14-30-21(25-19)26-20(28)16-10-12-27(13-11-16)22(29)24-18-4-2-1-3-5-18/h1-9,14,16H,10-13H2,(H,24,29)(H,25,26,28). The number of halogens is 1. The highest BCUT2D eigenvalue weighted by Crippen LogP contribution is 2.26. The van der Waals surface area contributed by atoms with Crippen molar-refractivity contribution in [2.24, 2.45) is 5.92 Å². The van der Waals surface area contributed by atoms with E-state index in [4.69, 9.17) is 0 Å². The fourth-order valence-corrected chi connectivity index (χ4v) is 4.08. The lowest BCUT2D eigenvalue weighted by Gasteiger charge is -2.31. The molecule has 0 radical (unpaired) electrons. The highest BCUT2D eigenvalue weighted by atomic mass is 32.1. The lowest BCUT2D eigenvalue weighted by molar-refractivity contribution is -0.121. The number of carbonyl (C=O) groups is 2. The van der Waals surface area contributed by atoms with Crippen molar-refractivity contribution in [3.05, 3.63) is 65.8 Å². The van der Waals surface area contributed by atoms with Gasteiger partial charge in [0, 0.05) is 35.6 Å². The summed E-state index contributed by atoms with van der Waals surface area (Å²) in [5, 5.41) is 8.09. The number of hydrogen-bond donors (Lipinski definition) is 2. The maximum absolute atomic E-state index is 13.1. The SMILES string of the molecule is O=C(Nc1nc(-c2ccc(F)cc2)cs1)C1CCN(C(=O)Nc2ccccc2)CC1. The van der Waals surface area contributed by atoms with Crippen LogP contribution in [0.2, 0.25) is 0 Å². The number of urea groups is 1. The van der Waals surface area contributed by atoms with Crippen molar-refractivity contribution in [3.8, 4) is 11.3 Å². The smallest absolute Gasteiger partial charge is 0.321 e. The number of nitrogens with zero attached hydrogens (tertiary/aromatic N) is 2.